The fourth-order valence-electron chi connectivity index (χ4n) is 2.35. The molecule has 5 nitrogen and oxygen atoms in total. The highest BCUT2D eigenvalue weighted by molar-refractivity contribution is 9.10. The Labute approximate surface area is 132 Å². The normalized spacial score (nSPS) is 19.9. The zero-order valence-electron chi connectivity index (χ0n) is 11.7. The SMILES string of the molecule is CN(CC1CCCOC1)S(=O)(=O)c1cc(Br)c(F)cc1N. The summed E-state index contributed by atoms with van der Waals surface area (Å²) in [5, 5.41) is 0. The van der Waals surface area contributed by atoms with Crippen molar-refractivity contribution in [1.29, 1.82) is 0 Å². The van der Waals surface area contributed by atoms with Crippen LogP contribution in [0.2, 0.25) is 0 Å². The molecule has 0 saturated carbocycles. The van der Waals surface area contributed by atoms with Crippen molar-refractivity contribution in [3.8, 4) is 0 Å². The maximum absolute atomic E-state index is 13.4. The van der Waals surface area contributed by atoms with Gasteiger partial charge in [-0.15, -0.1) is 0 Å². The van der Waals surface area contributed by atoms with Gasteiger partial charge in [-0.05, 0) is 46.8 Å². The first-order valence-electron chi connectivity index (χ1n) is 6.61. The molecule has 1 unspecified atom stereocenters. The van der Waals surface area contributed by atoms with Crippen LogP contribution in [0.25, 0.3) is 0 Å². The first-order valence-corrected chi connectivity index (χ1v) is 8.84. The van der Waals surface area contributed by atoms with E-state index in [1.165, 1.54) is 17.4 Å². The molecule has 1 aromatic rings. The Bertz CT molecular complexity index is 618. The third kappa shape index (κ3) is 3.74. The number of ether oxygens (including phenoxy) is 1. The summed E-state index contributed by atoms with van der Waals surface area (Å²) >= 11 is 2.99. The van der Waals surface area contributed by atoms with Gasteiger partial charge >= 0.3 is 0 Å². The lowest BCUT2D eigenvalue weighted by Crippen LogP contribution is -2.35. The van der Waals surface area contributed by atoms with Crippen LogP contribution in [-0.2, 0) is 14.8 Å². The van der Waals surface area contributed by atoms with Crippen molar-refractivity contribution in [2.75, 3.05) is 32.5 Å². The number of hydrogen-bond donors (Lipinski definition) is 1. The van der Waals surface area contributed by atoms with Crippen molar-refractivity contribution in [3.05, 3.63) is 22.4 Å². The van der Waals surface area contributed by atoms with Gasteiger partial charge in [0.15, 0.2) is 0 Å². The van der Waals surface area contributed by atoms with Crippen molar-refractivity contribution in [2.24, 2.45) is 5.92 Å². The van der Waals surface area contributed by atoms with Crippen LogP contribution in [0.15, 0.2) is 21.5 Å². The molecule has 8 heteroatoms. The van der Waals surface area contributed by atoms with Gasteiger partial charge in [0.2, 0.25) is 10.0 Å². The molecule has 2 N–H and O–H groups in total. The van der Waals surface area contributed by atoms with Gasteiger partial charge < -0.3 is 10.5 Å². The lowest BCUT2D eigenvalue weighted by Gasteiger charge is -2.27. The number of anilines is 1. The maximum atomic E-state index is 13.4. The second kappa shape index (κ2) is 6.60. The van der Waals surface area contributed by atoms with Crippen LogP contribution in [0.4, 0.5) is 10.1 Å². The van der Waals surface area contributed by atoms with Crippen LogP contribution in [0.3, 0.4) is 0 Å². The van der Waals surface area contributed by atoms with Crippen LogP contribution < -0.4 is 5.73 Å². The Morgan fingerprint density at radius 1 is 1.52 bits per heavy atom. The number of nitrogens with two attached hydrogens (primary N) is 1. The summed E-state index contributed by atoms with van der Waals surface area (Å²) in [5.41, 5.74) is 5.56. The fraction of sp³-hybridized carbons (Fsp3) is 0.538. The Morgan fingerprint density at radius 2 is 2.24 bits per heavy atom. The molecular formula is C13H18BrFN2O3S. The summed E-state index contributed by atoms with van der Waals surface area (Å²) in [6, 6.07) is 2.21. The average Bonchev–Trinajstić information content (AvgIpc) is 2.43. The number of benzene rings is 1. The second-order valence-corrected chi connectivity index (χ2v) is 8.04. The highest BCUT2D eigenvalue weighted by Gasteiger charge is 2.27. The Balaban J connectivity index is 2.22. The molecule has 0 bridgehead atoms. The number of halogens is 2. The Hall–Kier alpha value is -0.700. The number of nitrogens with zero attached hydrogens (tertiary/aromatic N) is 1. The molecule has 0 spiro atoms. The van der Waals surface area contributed by atoms with Crippen LogP contribution in [0, 0.1) is 11.7 Å². The zero-order chi connectivity index (χ0) is 15.6. The second-order valence-electron chi connectivity index (χ2n) is 5.17. The lowest BCUT2D eigenvalue weighted by molar-refractivity contribution is 0.0495. The molecule has 21 heavy (non-hydrogen) atoms. The minimum Gasteiger partial charge on any atom is -0.398 e. The van der Waals surface area contributed by atoms with E-state index in [4.69, 9.17) is 10.5 Å². The Morgan fingerprint density at radius 3 is 2.86 bits per heavy atom. The summed E-state index contributed by atoms with van der Waals surface area (Å²) in [4.78, 5) is -0.0880. The molecule has 0 aliphatic carbocycles. The van der Waals surface area contributed by atoms with E-state index < -0.39 is 15.8 Å². The van der Waals surface area contributed by atoms with Gasteiger partial charge in [0, 0.05) is 20.2 Å². The summed E-state index contributed by atoms with van der Waals surface area (Å²) in [6.07, 6.45) is 1.87. The molecule has 1 saturated heterocycles. The summed E-state index contributed by atoms with van der Waals surface area (Å²) < 4.78 is 45.2. The Kier molecular flexibility index (Phi) is 5.24. The van der Waals surface area contributed by atoms with E-state index in [-0.39, 0.29) is 21.0 Å². The molecule has 1 atom stereocenters. The van der Waals surface area contributed by atoms with Crippen molar-refractivity contribution < 1.29 is 17.5 Å². The number of rotatable bonds is 4. The summed E-state index contributed by atoms with van der Waals surface area (Å²) in [5.74, 6) is -0.418. The van der Waals surface area contributed by atoms with Crippen molar-refractivity contribution in [2.45, 2.75) is 17.7 Å². The summed E-state index contributed by atoms with van der Waals surface area (Å²) in [7, 11) is -2.25. The number of sulfonamides is 1. The first kappa shape index (κ1) is 16.7. The molecular weight excluding hydrogens is 363 g/mol. The smallest absolute Gasteiger partial charge is 0.244 e. The monoisotopic (exact) mass is 380 g/mol. The zero-order valence-corrected chi connectivity index (χ0v) is 14.1. The van der Waals surface area contributed by atoms with E-state index >= 15 is 0 Å². The maximum Gasteiger partial charge on any atom is 0.244 e. The average molecular weight is 381 g/mol. The predicted molar refractivity (Wildman–Crippen MR) is 81.9 cm³/mol. The molecule has 0 amide bonds. The van der Waals surface area contributed by atoms with Crippen molar-refractivity contribution in [3.63, 3.8) is 0 Å². The first-order chi connectivity index (χ1) is 9.82. The van der Waals surface area contributed by atoms with E-state index in [1.54, 1.807) is 0 Å². The number of hydrogen-bond acceptors (Lipinski definition) is 4. The van der Waals surface area contributed by atoms with E-state index in [0.717, 1.165) is 25.5 Å². The van der Waals surface area contributed by atoms with Crippen molar-refractivity contribution in [1.82, 2.24) is 4.31 Å². The van der Waals surface area contributed by atoms with Gasteiger partial charge in [0.05, 0.1) is 16.8 Å². The largest absolute Gasteiger partial charge is 0.398 e. The molecule has 1 aromatic carbocycles. The van der Waals surface area contributed by atoms with Gasteiger partial charge in [0.1, 0.15) is 10.7 Å². The molecule has 1 aliphatic heterocycles. The molecule has 2 rings (SSSR count). The minimum absolute atomic E-state index is 0.0738. The van der Waals surface area contributed by atoms with Crippen molar-refractivity contribution >= 4 is 31.6 Å². The van der Waals surface area contributed by atoms with Crippen LogP contribution in [-0.4, -0.2) is 39.5 Å². The highest BCUT2D eigenvalue weighted by atomic mass is 79.9. The van der Waals surface area contributed by atoms with E-state index in [2.05, 4.69) is 15.9 Å². The van der Waals surface area contributed by atoms with E-state index in [9.17, 15) is 12.8 Å². The van der Waals surface area contributed by atoms with Gasteiger partial charge in [-0.2, -0.15) is 0 Å². The lowest BCUT2D eigenvalue weighted by atomic mass is 10.0. The highest BCUT2D eigenvalue weighted by Crippen LogP contribution is 2.28. The minimum atomic E-state index is -3.75. The van der Waals surface area contributed by atoms with Crippen LogP contribution in [0.1, 0.15) is 12.8 Å². The fourth-order valence-corrected chi connectivity index (χ4v) is 4.21. The topological polar surface area (TPSA) is 72.6 Å². The molecule has 118 valence electrons. The quantitative estimate of drug-likeness (QED) is 0.812. The van der Waals surface area contributed by atoms with Gasteiger partial charge in [0.25, 0.3) is 0 Å². The molecule has 0 radical (unpaired) electrons. The van der Waals surface area contributed by atoms with E-state index in [0.29, 0.717) is 13.2 Å². The third-order valence-corrected chi connectivity index (χ3v) is 6.00. The summed E-state index contributed by atoms with van der Waals surface area (Å²) in [6.45, 7) is 1.64. The molecule has 1 heterocycles. The number of nitrogen functional groups attached to an aromatic ring is 1. The third-order valence-electron chi connectivity index (χ3n) is 3.51. The standard InChI is InChI=1S/C13H18BrFN2O3S/c1-17(7-9-3-2-4-20-8-9)21(18,19)13-5-10(14)11(15)6-12(13)16/h5-6,9H,2-4,7-8,16H2,1H3. The molecule has 1 fully saturated rings. The van der Waals surface area contributed by atoms with E-state index in [1.807, 2.05) is 0 Å². The van der Waals surface area contributed by atoms with Gasteiger partial charge in [-0.25, -0.2) is 17.1 Å². The van der Waals surface area contributed by atoms with Crippen LogP contribution in [0.5, 0.6) is 0 Å². The predicted octanol–water partition coefficient (Wildman–Crippen LogP) is 2.22. The van der Waals surface area contributed by atoms with Gasteiger partial charge in [-0.1, -0.05) is 0 Å². The molecule has 1 aliphatic rings. The van der Waals surface area contributed by atoms with Gasteiger partial charge in [-0.3, -0.25) is 0 Å². The molecule has 0 aromatic heterocycles. The van der Waals surface area contributed by atoms with Crippen LogP contribution >= 0.6 is 15.9 Å².